The lowest BCUT2D eigenvalue weighted by Crippen LogP contribution is -2.25. The summed E-state index contributed by atoms with van der Waals surface area (Å²) in [6, 6.07) is 0. The largest absolute Gasteiger partial charge is 0.464 e. The van der Waals surface area contributed by atoms with Gasteiger partial charge in [0.1, 0.15) is 6.61 Å². The molecule has 1 fully saturated rings. The normalized spacial score (nSPS) is 26.9. The quantitative estimate of drug-likeness (QED) is 0.538. The molecule has 1 heterocycles. The van der Waals surface area contributed by atoms with Gasteiger partial charge in [-0.3, -0.25) is 0 Å². The molecule has 0 N–H and O–H groups in total. The van der Waals surface area contributed by atoms with E-state index < -0.39 is 22.5 Å². The van der Waals surface area contributed by atoms with E-state index in [0.29, 0.717) is 0 Å². The highest BCUT2D eigenvalue weighted by Gasteiger charge is 2.36. The van der Waals surface area contributed by atoms with Gasteiger partial charge in [-0.15, -0.1) is 0 Å². The molecule has 1 atom stereocenters. The molecule has 12 heavy (non-hydrogen) atoms. The molecule has 0 aliphatic carbocycles. The summed E-state index contributed by atoms with van der Waals surface area (Å²) in [6.45, 7) is 1.49. The molecule has 1 unspecified atom stereocenters. The molecule has 7 heteroatoms. The molecule has 6 nitrogen and oxygen atoms in total. The van der Waals surface area contributed by atoms with Crippen molar-refractivity contribution in [3.8, 4) is 0 Å². The number of ether oxygens (including phenoxy) is 1. The molecule has 0 bridgehead atoms. The lowest BCUT2D eigenvalue weighted by Gasteiger charge is -2.03. The minimum Gasteiger partial charge on any atom is -0.464 e. The third-order valence-electron chi connectivity index (χ3n) is 1.15. The Kier molecular flexibility index (Phi) is 2.65. The van der Waals surface area contributed by atoms with E-state index in [-0.39, 0.29) is 13.2 Å². The van der Waals surface area contributed by atoms with Crippen molar-refractivity contribution < 1.29 is 26.3 Å². The van der Waals surface area contributed by atoms with E-state index in [1.165, 1.54) is 0 Å². The number of hydrogen-bond acceptors (Lipinski definition) is 6. The zero-order chi connectivity index (χ0) is 9.19. The smallest absolute Gasteiger partial charge is 0.400 e. The molecule has 0 amide bonds. The SMILES string of the molecule is CCOC(=O)C1COS(=O)(=O)O1. The molecule has 0 spiro atoms. The summed E-state index contributed by atoms with van der Waals surface area (Å²) in [6.07, 6.45) is -1.14. The van der Waals surface area contributed by atoms with E-state index in [4.69, 9.17) is 0 Å². The van der Waals surface area contributed by atoms with Crippen LogP contribution in [0.5, 0.6) is 0 Å². The van der Waals surface area contributed by atoms with E-state index in [0.717, 1.165) is 0 Å². The Labute approximate surface area is 69.7 Å². The van der Waals surface area contributed by atoms with Crippen molar-refractivity contribution in [2.75, 3.05) is 13.2 Å². The van der Waals surface area contributed by atoms with Gasteiger partial charge in [0, 0.05) is 0 Å². The number of carbonyl (C=O) groups excluding carboxylic acids is 1. The zero-order valence-corrected chi connectivity index (χ0v) is 7.17. The molecule has 70 valence electrons. The summed E-state index contributed by atoms with van der Waals surface area (Å²) in [5, 5.41) is 0. The third kappa shape index (κ3) is 2.16. The minimum atomic E-state index is -3.96. The first-order chi connectivity index (χ1) is 5.55. The van der Waals surface area contributed by atoms with Crippen molar-refractivity contribution in [2.24, 2.45) is 0 Å². The van der Waals surface area contributed by atoms with Crippen molar-refractivity contribution in [1.82, 2.24) is 0 Å². The third-order valence-corrected chi connectivity index (χ3v) is 2.04. The van der Waals surface area contributed by atoms with Gasteiger partial charge in [0.25, 0.3) is 0 Å². The van der Waals surface area contributed by atoms with Gasteiger partial charge >= 0.3 is 16.4 Å². The van der Waals surface area contributed by atoms with Crippen LogP contribution in [0.2, 0.25) is 0 Å². The second-order valence-corrected chi connectivity index (χ2v) is 3.27. The molecule has 0 aromatic heterocycles. The van der Waals surface area contributed by atoms with Crippen LogP contribution in [0.3, 0.4) is 0 Å². The summed E-state index contributed by atoms with van der Waals surface area (Å²) in [4.78, 5) is 10.8. The van der Waals surface area contributed by atoms with Gasteiger partial charge in [0.05, 0.1) is 6.61 Å². The Morgan fingerprint density at radius 1 is 1.67 bits per heavy atom. The number of carbonyl (C=O) groups is 1. The Hall–Kier alpha value is -0.660. The topological polar surface area (TPSA) is 78.9 Å². The van der Waals surface area contributed by atoms with Gasteiger partial charge in [-0.1, -0.05) is 0 Å². The van der Waals surface area contributed by atoms with E-state index in [1.807, 2.05) is 0 Å². The van der Waals surface area contributed by atoms with Crippen LogP contribution < -0.4 is 0 Å². The van der Waals surface area contributed by atoms with Crippen molar-refractivity contribution in [2.45, 2.75) is 13.0 Å². The van der Waals surface area contributed by atoms with E-state index in [1.54, 1.807) is 6.92 Å². The van der Waals surface area contributed by atoms with Gasteiger partial charge < -0.3 is 4.74 Å². The predicted octanol–water partition coefficient (Wildman–Crippen LogP) is -0.790. The van der Waals surface area contributed by atoms with Crippen LogP contribution >= 0.6 is 0 Å². The first kappa shape index (κ1) is 9.43. The van der Waals surface area contributed by atoms with Crippen molar-refractivity contribution in [1.29, 1.82) is 0 Å². The second kappa shape index (κ2) is 3.38. The maximum atomic E-state index is 10.8. The second-order valence-electron chi connectivity index (χ2n) is 2.03. The molecular formula is C5H8O6S. The van der Waals surface area contributed by atoms with Gasteiger partial charge in [0.2, 0.25) is 6.10 Å². The fourth-order valence-corrected chi connectivity index (χ4v) is 1.45. The van der Waals surface area contributed by atoms with Crippen LogP contribution in [0.15, 0.2) is 0 Å². The van der Waals surface area contributed by atoms with Crippen LogP contribution in [-0.4, -0.2) is 33.7 Å². The van der Waals surface area contributed by atoms with E-state index in [2.05, 4.69) is 13.1 Å². The lowest BCUT2D eigenvalue weighted by atomic mass is 10.4. The molecule has 1 aliphatic heterocycles. The highest BCUT2D eigenvalue weighted by molar-refractivity contribution is 7.82. The summed E-state index contributed by atoms with van der Waals surface area (Å²) >= 11 is 0. The first-order valence-electron chi connectivity index (χ1n) is 3.29. The average Bonchev–Trinajstić information content (AvgIpc) is 2.31. The van der Waals surface area contributed by atoms with Crippen molar-refractivity contribution >= 4 is 16.4 Å². The molecule has 1 rings (SSSR count). The molecule has 1 saturated heterocycles. The zero-order valence-electron chi connectivity index (χ0n) is 6.35. The van der Waals surface area contributed by atoms with Gasteiger partial charge in [-0.2, -0.15) is 8.42 Å². The van der Waals surface area contributed by atoms with Gasteiger partial charge in [-0.05, 0) is 6.92 Å². The van der Waals surface area contributed by atoms with Crippen LogP contribution in [0, 0.1) is 0 Å². The molecule has 0 saturated carbocycles. The molecular weight excluding hydrogens is 188 g/mol. The van der Waals surface area contributed by atoms with Crippen molar-refractivity contribution in [3.63, 3.8) is 0 Å². The fraction of sp³-hybridized carbons (Fsp3) is 0.800. The fourth-order valence-electron chi connectivity index (χ4n) is 0.685. The summed E-state index contributed by atoms with van der Waals surface area (Å²) in [7, 11) is -3.96. The minimum absolute atomic E-state index is 0.179. The Bertz CT molecular complexity index is 268. The summed E-state index contributed by atoms with van der Waals surface area (Å²) < 4.78 is 33.9. The number of esters is 1. The van der Waals surface area contributed by atoms with Crippen molar-refractivity contribution in [3.05, 3.63) is 0 Å². The first-order valence-corrected chi connectivity index (χ1v) is 4.63. The maximum Gasteiger partial charge on any atom is 0.400 e. The Morgan fingerprint density at radius 3 is 2.75 bits per heavy atom. The summed E-state index contributed by atoms with van der Waals surface area (Å²) in [5.74, 6) is -0.724. The molecule has 1 aliphatic rings. The van der Waals surface area contributed by atoms with Crippen LogP contribution in [-0.2, 0) is 28.3 Å². The highest BCUT2D eigenvalue weighted by Crippen LogP contribution is 2.13. The average molecular weight is 196 g/mol. The van der Waals surface area contributed by atoms with Gasteiger partial charge in [0.15, 0.2) is 0 Å². The molecule has 0 radical (unpaired) electrons. The van der Waals surface area contributed by atoms with Gasteiger partial charge in [-0.25, -0.2) is 13.2 Å². The van der Waals surface area contributed by atoms with E-state index in [9.17, 15) is 13.2 Å². The van der Waals surface area contributed by atoms with Crippen LogP contribution in [0.4, 0.5) is 0 Å². The Morgan fingerprint density at radius 2 is 2.33 bits per heavy atom. The van der Waals surface area contributed by atoms with Crippen LogP contribution in [0.1, 0.15) is 6.92 Å². The summed E-state index contributed by atoms with van der Waals surface area (Å²) in [5.41, 5.74) is 0. The number of hydrogen-bond donors (Lipinski definition) is 0. The molecule has 0 aromatic carbocycles. The number of rotatable bonds is 2. The van der Waals surface area contributed by atoms with E-state index >= 15 is 0 Å². The lowest BCUT2D eigenvalue weighted by molar-refractivity contribution is -0.150. The molecule has 0 aromatic rings. The van der Waals surface area contributed by atoms with Crippen LogP contribution in [0.25, 0.3) is 0 Å². The maximum absolute atomic E-state index is 10.8. The standard InChI is InChI=1S/C5H8O6S/c1-2-9-5(6)4-3-10-12(7,8)11-4/h4H,2-3H2,1H3. The monoisotopic (exact) mass is 196 g/mol. The predicted molar refractivity (Wildman–Crippen MR) is 36.4 cm³/mol. The Balaban J connectivity index is 2.53. The highest BCUT2D eigenvalue weighted by atomic mass is 32.3.